The minimum absolute atomic E-state index is 0.264. The molecule has 98 valence electrons. The van der Waals surface area contributed by atoms with Crippen LogP contribution in [0.2, 0.25) is 0 Å². The van der Waals surface area contributed by atoms with E-state index in [1.807, 2.05) is 14.0 Å². The number of H-pyrrole nitrogens is 1. The monoisotopic (exact) mass is 271 g/mol. The smallest absolute Gasteiger partial charge is 0.178 e. The minimum atomic E-state index is -0.612. The average Bonchev–Trinajstić information content (AvgIpc) is 2.63. The normalized spacial score (nSPS) is 11.6. The van der Waals surface area contributed by atoms with Crippen molar-refractivity contribution < 1.29 is 8.78 Å². The van der Waals surface area contributed by atoms with Gasteiger partial charge >= 0.3 is 0 Å². The number of benzene rings is 1. The molecule has 2 aromatic rings. The van der Waals surface area contributed by atoms with Crippen LogP contribution in [0.3, 0.4) is 0 Å². The lowest BCUT2D eigenvalue weighted by Gasteiger charge is -2.14. The summed E-state index contributed by atoms with van der Waals surface area (Å²) in [5.41, 5.74) is 0.738. The van der Waals surface area contributed by atoms with Gasteiger partial charge in [-0.25, -0.2) is 8.78 Å². The van der Waals surface area contributed by atoms with E-state index in [9.17, 15) is 8.78 Å². The van der Waals surface area contributed by atoms with Gasteiger partial charge in [0.25, 0.3) is 0 Å². The molecule has 0 aliphatic carbocycles. The molecule has 0 bridgehead atoms. The first-order valence-electron chi connectivity index (χ1n) is 5.79. The maximum Gasteiger partial charge on any atom is 0.178 e. The lowest BCUT2D eigenvalue weighted by molar-refractivity contribution is 0.336. The van der Waals surface area contributed by atoms with Crippen LogP contribution in [0.1, 0.15) is 6.92 Å². The number of imidazole rings is 1. The zero-order valence-corrected chi connectivity index (χ0v) is 11.2. The van der Waals surface area contributed by atoms with Crippen LogP contribution in [0.4, 0.5) is 8.78 Å². The van der Waals surface area contributed by atoms with E-state index in [-0.39, 0.29) is 5.52 Å². The van der Waals surface area contributed by atoms with E-state index in [1.165, 1.54) is 6.07 Å². The van der Waals surface area contributed by atoms with Crippen molar-refractivity contribution in [2.24, 2.45) is 0 Å². The van der Waals surface area contributed by atoms with Crippen LogP contribution in [-0.4, -0.2) is 34.6 Å². The number of halogens is 2. The number of rotatable bonds is 4. The Morgan fingerprint density at radius 1 is 1.39 bits per heavy atom. The Kier molecular flexibility index (Phi) is 3.77. The van der Waals surface area contributed by atoms with Crippen molar-refractivity contribution in [3.8, 4) is 0 Å². The molecule has 0 aliphatic heterocycles. The van der Waals surface area contributed by atoms with Gasteiger partial charge in [-0.3, -0.25) is 0 Å². The van der Waals surface area contributed by atoms with Gasteiger partial charge in [-0.1, -0.05) is 6.92 Å². The van der Waals surface area contributed by atoms with Gasteiger partial charge in [0.15, 0.2) is 10.6 Å². The summed E-state index contributed by atoms with van der Waals surface area (Å²) in [6.45, 7) is 4.34. The molecule has 0 atom stereocenters. The van der Waals surface area contributed by atoms with Gasteiger partial charge in [0.2, 0.25) is 0 Å². The van der Waals surface area contributed by atoms with Crippen LogP contribution in [0.5, 0.6) is 0 Å². The zero-order valence-electron chi connectivity index (χ0n) is 10.3. The largest absolute Gasteiger partial charge is 0.328 e. The fourth-order valence-corrected chi connectivity index (χ4v) is 2.12. The number of fused-ring (bicyclic) bond motifs is 1. The van der Waals surface area contributed by atoms with Crippen molar-refractivity contribution in [3.63, 3.8) is 0 Å². The minimum Gasteiger partial charge on any atom is -0.328 e. The third kappa shape index (κ3) is 2.44. The summed E-state index contributed by atoms with van der Waals surface area (Å²) in [4.78, 5) is 4.89. The Labute approximate surface area is 109 Å². The van der Waals surface area contributed by atoms with Crippen molar-refractivity contribution in [1.29, 1.82) is 0 Å². The Balaban J connectivity index is 2.44. The highest BCUT2D eigenvalue weighted by molar-refractivity contribution is 7.71. The summed E-state index contributed by atoms with van der Waals surface area (Å²) < 4.78 is 28.9. The first-order chi connectivity index (χ1) is 8.52. The van der Waals surface area contributed by atoms with Gasteiger partial charge in [0, 0.05) is 19.2 Å². The molecule has 1 aromatic carbocycles. The summed E-state index contributed by atoms with van der Waals surface area (Å²) in [6.07, 6.45) is 0. The average molecular weight is 271 g/mol. The molecule has 0 radical (unpaired) electrons. The first-order valence-corrected chi connectivity index (χ1v) is 6.20. The van der Waals surface area contributed by atoms with Crippen molar-refractivity contribution in [3.05, 3.63) is 28.5 Å². The molecule has 1 N–H and O–H groups in total. The van der Waals surface area contributed by atoms with E-state index in [4.69, 9.17) is 12.2 Å². The summed E-state index contributed by atoms with van der Waals surface area (Å²) in [7, 11) is 1.99. The highest BCUT2D eigenvalue weighted by Crippen LogP contribution is 2.19. The van der Waals surface area contributed by atoms with Crippen LogP contribution in [0.25, 0.3) is 11.0 Å². The van der Waals surface area contributed by atoms with Gasteiger partial charge in [-0.05, 0) is 31.9 Å². The molecule has 0 saturated carbocycles. The maximum atomic E-state index is 13.6. The molecule has 0 aliphatic rings. The number of likely N-dealkylation sites (N-methyl/N-ethyl adjacent to an activating group) is 1. The van der Waals surface area contributed by atoms with E-state index >= 15 is 0 Å². The van der Waals surface area contributed by atoms with Crippen molar-refractivity contribution in [2.45, 2.75) is 13.5 Å². The van der Waals surface area contributed by atoms with Crippen molar-refractivity contribution in [1.82, 2.24) is 14.5 Å². The maximum absolute atomic E-state index is 13.6. The SMILES string of the molecule is CCN(C)CCn1c(=S)[nH]c2c(F)cc(F)cc21. The molecular weight excluding hydrogens is 256 g/mol. The quantitative estimate of drug-likeness (QED) is 0.864. The van der Waals surface area contributed by atoms with Gasteiger partial charge in [0.05, 0.1) is 5.52 Å². The second-order valence-corrected chi connectivity index (χ2v) is 4.65. The molecule has 1 aromatic heterocycles. The molecule has 18 heavy (non-hydrogen) atoms. The highest BCUT2D eigenvalue weighted by atomic mass is 32.1. The van der Waals surface area contributed by atoms with Gasteiger partial charge in [-0.2, -0.15) is 0 Å². The third-order valence-electron chi connectivity index (χ3n) is 3.05. The first kappa shape index (κ1) is 13.2. The van der Waals surface area contributed by atoms with Crippen LogP contribution in [-0.2, 0) is 6.54 Å². The number of aromatic nitrogens is 2. The third-order valence-corrected chi connectivity index (χ3v) is 3.37. The predicted molar refractivity (Wildman–Crippen MR) is 70.2 cm³/mol. The van der Waals surface area contributed by atoms with Crippen molar-refractivity contribution >= 4 is 23.3 Å². The predicted octanol–water partition coefficient (Wildman–Crippen LogP) is 2.93. The van der Waals surface area contributed by atoms with Crippen LogP contribution >= 0.6 is 12.2 Å². The van der Waals surface area contributed by atoms with E-state index in [2.05, 4.69) is 9.88 Å². The Bertz CT molecular complexity index is 618. The standard InChI is InChI=1S/C12H15F2N3S/c1-3-16(2)4-5-17-10-7-8(13)6-9(14)11(10)15-12(17)18/h6-7H,3-5H2,1-2H3,(H,15,18). The molecule has 1 heterocycles. The summed E-state index contributed by atoms with van der Waals surface area (Å²) in [6, 6.07) is 2.16. The molecule has 6 heteroatoms. The molecule has 0 unspecified atom stereocenters. The Hall–Kier alpha value is -1.27. The topological polar surface area (TPSA) is 24.0 Å². The molecule has 2 rings (SSSR count). The molecule has 0 fully saturated rings. The molecule has 0 amide bonds. The molecule has 3 nitrogen and oxygen atoms in total. The second-order valence-electron chi connectivity index (χ2n) is 4.26. The lowest BCUT2D eigenvalue weighted by atomic mass is 10.3. The fourth-order valence-electron chi connectivity index (χ4n) is 1.83. The lowest BCUT2D eigenvalue weighted by Crippen LogP contribution is -2.22. The number of hydrogen-bond acceptors (Lipinski definition) is 2. The van der Waals surface area contributed by atoms with E-state index in [1.54, 1.807) is 4.57 Å². The Morgan fingerprint density at radius 3 is 2.78 bits per heavy atom. The van der Waals surface area contributed by atoms with Gasteiger partial charge in [-0.15, -0.1) is 0 Å². The summed E-state index contributed by atoms with van der Waals surface area (Å²) in [5, 5.41) is 0. The Morgan fingerprint density at radius 2 is 2.11 bits per heavy atom. The van der Waals surface area contributed by atoms with Crippen LogP contribution in [0.15, 0.2) is 12.1 Å². The summed E-state index contributed by atoms with van der Waals surface area (Å²) in [5.74, 6) is -1.20. The fraction of sp³-hybridized carbons (Fsp3) is 0.417. The number of aromatic amines is 1. The number of hydrogen-bond donors (Lipinski definition) is 1. The van der Waals surface area contributed by atoms with Crippen molar-refractivity contribution in [2.75, 3.05) is 20.1 Å². The van der Waals surface area contributed by atoms with Gasteiger partial charge < -0.3 is 14.5 Å². The van der Waals surface area contributed by atoms with E-state index in [0.717, 1.165) is 19.2 Å². The molecular formula is C12H15F2N3S. The van der Waals surface area contributed by atoms with E-state index < -0.39 is 11.6 Å². The van der Waals surface area contributed by atoms with Crippen LogP contribution in [0, 0.1) is 16.4 Å². The van der Waals surface area contributed by atoms with Gasteiger partial charge in [0.1, 0.15) is 11.3 Å². The second kappa shape index (κ2) is 5.16. The number of nitrogens with zero attached hydrogens (tertiary/aromatic N) is 2. The molecule has 0 spiro atoms. The zero-order chi connectivity index (χ0) is 13.3. The number of nitrogens with one attached hydrogen (secondary N) is 1. The highest BCUT2D eigenvalue weighted by Gasteiger charge is 2.11. The van der Waals surface area contributed by atoms with Crippen LogP contribution < -0.4 is 0 Å². The summed E-state index contributed by atoms with van der Waals surface area (Å²) >= 11 is 5.14. The van der Waals surface area contributed by atoms with E-state index in [0.29, 0.717) is 16.8 Å². The molecule has 0 saturated heterocycles.